The Hall–Kier alpha value is -5.98. The molecule has 0 spiro atoms. The second-order valence-corrected chi connectivity index (χ2v) is 14.5. The summed E-state index contributed by atoms with van der Waals surface area (Å²) in [4.78, 5) is 0. The highest BCUT2D eigenvalue weighted by Gasteiger charge is 2.24. The summed E-state index contributed by atoms with van der Waals surface area (Å²) in [5, 5.41) is 10.3. The summed E-state index contributed by atoms with van der Waals surface area (Å²) in [5.41, 5.74) is 11.3. The van der Waals surface area contributed by atoms with Crippen LogP contribution in [0, 0.1) is 0 Å². The van der Waals surface area contributed by atoms with Gasteiger partial charge < -0.3 is 0 Å². The predicted octanol–water partition coefficient (Wildman–Crippen LogP) is 14.3. The lowest BCUT2D eigenvalue weighted by atomic mass is 9.77. The van der Waals surface area contributed by atoms with Gasteiger partial charge in [-0.1, -0.05) is 172 Å². The van der Waals surface area contributed by atoms with Crippen molar-refractivity contribution in [3.8, 4) is 44.5 Å². The zero-order valence-electron chi connectivity index (χ0n) is 28.7. The van der Waals surface area contributed by atoms with Crippen LogP contribution in [-0.4, -0.2) is 0 Å². The van der Waals surface area contributed by atoms with Gasteiger partial charge in [-0.2, -0.15) is 0 Å². The molecule has 0 unspecified atom stereocenters. The van der Waals surface area contributed by atoms with Crippen LogP contribution in [-0.2, 0) is 5.41 Å². The first-order valence-corrected chi connectivity index (χ1v) is 17.6. The molecule has 50 heavy (non-hydrogen) atoms. The van der Waals surface area contributed by atoms with E-state index in [9.17, 15) is 0 Å². The normalized spacial score (nSPS) is 11.9. The average molecular weight is 639 g/mol. The van der Waals surface area contributed by atoms with Crippen molar-refractivity contribution in [2.75, 3.05) is 0 Å². The molecule has 9 aromatic carbocycles. The summed E-state index contributed by atoms with van der Waals surface area (Å²) in [7, 11) is 0. The Balaban J connectivity index is 1.36. The topological polar surface area (TPSA) is 0 Å². The molecule has 0 N–H and O–H groups in total. The van der Waals surface area contributed by atoms with E-state index in [4.69, 9.17) is 0 Å². The zero-order valence-corrected chi connectivity index (χ0v) is 28.7. The van der Waals surface area contributed by atoms with Gasteiger partial charge in [0.15, 0.2) is 0 Å². The Labute approximate surface area is 294 Å². The van der Waals surface area contributed by atoms with E-state index in [2.05, 4.69) is 197 Å². The zero-order chi connectivity index (χ0) is 33.8. The number of hydrogen-bond acceptors (Lipinski definition) is 0. The number of rotatable bonds is 4. The van der Waals surface area contributed by atoms with Crippen LogP contribution < -0.4 is 0 Å². The molecule has 9 aromatic rings. The summed E-state index contributed by atoms with van der Waals surface area (Å²) in [6.07, 6.45) is 0. The molecule has 238 valence electrons. The van der Waals surface area contributed by atoms with Crippen LogP contribution in [0.3, 0.4) is 0 Å². The Morgan fingerprint density at radius 1 is 0.300 bits per heavy atom. The summed E-state index contributed by atoms with van der Waals surface area (Å²) < 4.78 is 0. The van der Waals surface area contributed by atoms with E-state index in [1.54, 1.807) is 0 Å². The second kappa shape index (κ2) is 11.9. The quantitative estimate of drug-likeness (QED) is 0.168. The molecule has 0 fully saturated rings. The largest absolute Gasteiger partial charge is 0.0622 e. The van der Waals surface area contributed by atoms with Crippen LogP contribution in [0.4, 0.5) is 0 Å². The van der Waals surface area contributed by atoms with Gasteiger partial charge >= 0.3 is 0 Å². The van der Waals surface area contributed by atoms with Crippen LogP contribution in [0.1, 0.15) is 26.3 Å². The molecule has 0 amide bonds. The summed E-state index contributed by atoms with van der Waals surface area (Å²) >= 11 is 0. The van der Waals surface area contributed by atoms with E-state index in [-0.39, 0.29) is 5.41 Å². The highest BCUT2D eigenvalue weighted by atomic mass is 14.3. The maximum Gasteiger partial charge on any atom is -0.00266 e. The number of hydrogen-bond donors (Lipinski definition) is 0. The fourth-order valence-electron chi connectivity index (χ4n) is 8.14. The van der Waals surface area contributed by atoms with Gasteiger partial charge in [0.2, 0.25) is 0 Å². The van der Waals surface area contributed by atoms with Gasteiger partial charge in [0.25, 0.3) is 0 Å². The molecule has 0 aliphatic carbocycles. The first-order valence-electron chi connectivity index (χ1n) is 17.6. The van der Waals surface area contributed by atoms with Crippen molar-refractivity contribution in [2.24, 2.45) is 0 Å². The Kier molecular flexibility index (Phi) is 7.14. The minimum absolute atomic E-state index is 0.0649. The molecule has 0 aliphatic rings. The lowest BCUT2D eigenvalue weighted by molar-refractivity contribution is 0.601. The molecule has 0 aromatic heterocycles. The fraction of sp³-hybridized carbons (Fsp3) is 0.0800. The molecule has 0 nitrogen and oxygen atoms in total. The van der Waals surface area contributed by atoms with Crippen molar-refractivity contribution < 1.29 is 0 Å². The predicted molar refractivity (Wildman–Crippen MR) is 217 cm³/mol. The highest BCUT2D eigenvalue weighted by Crippen LogP contribution is 2.45. The van der Waals surface area contributed by atoms with Gasteiger partial charge in [0.05, 0.1) is 0 Å². The van der Waals surface area contributed by atoms with Gasteiger partial charge in [-0.15, -0.1) is 0 Å². The molecule has 0 saturated carbocycles. The summed E-state index contributed by atoms with van der Waals surface area (Å²) in [6, 6.07) is 65.0. The van der Waals surface area contributed by atoms with Gasteiger partial charge in [0.1, 0.15) is 0 Å². The third-order valence-electron chi connectivity index (χ3n) is 10.3. The molecular formula is C50H38. The monoisotopic (exact) mass is 638 g/mol. The standard InChI is InChI=1S/C50H38/c1-50(2,3)49-46-24-12-11-23-44(46)48(35-17-5-4-6-18-35)45-28-27-36(32-47(45)49)37-29-38(42-25-13-19-33-15-7-9-21-40(33)42)31-39(30-37)43-26-14-20-34-16-8-10-22-41(34)43/h4-32H,1-3H3. The van der Waals surface area contributed by atoms with E-state index in [0.717, 1.165) is 0 Å². The molecular weight excluding hydrogens is 601 g/mol. The second-order valence-electron chi connectivity index (χ2n) is 14.5. The molecule has 9 rings (SSSR count). The smallest absolute Gasteiger partial charge is 0.00266 e. The van der Waals surface area contributed by atoms with E-state index in [0.29, 0.717) is 0 Å². The van der Waals surface area contributed by atoms with Crippen molar-refractivity contribution >= 4 is 43.1 Å². The maximum atomic E-state index is 2.46. The molecule has 0 radical (unpaired) electrons. The maximum absolute atomic E-state index is 2.46. The number of fused-ring (bicyclic) bond motifs is 4. The average Bonchev–Trinajstić information content (AvgIpc) is 3.15. The van der Waals surface area contributed by atoms with E-state index < -0.39 is 0 Å². The molecule has 0 bridgehead atoms. The van der Waals surface area contributed by atoms with Crippen molar-refractivity contribution in [1.29, 1.82) is 0 Å². The van der Waals surface area contributed by atoms with E-state index >= 15 is 0 Å². The highest BCUT2D eigenvalue weighted by molar-refractivity contribution is 6.16. The lowest BCUT2D eigenvalue weighted by Crippen LogP contribution is -2.13. The molecule has 0 atom stereocenters. The first-order chi connectivity index (χ1) is 24.4. The molecule has 0 heterocycles. The van der Waals surface area contributed by atoms with Crippen LogP contribution in [0.5, 0.6) is 0 Å². The summed E-state index contributed by atoms with van der Waals surface area (Å²) in [6.45, 7) is 7.05. The minimum atomic E-state index is -0.0649. The Morgan fingerprint density at radius 3 is 1.38 bits per heavy atom. The summed E-state index contributed by atoms with van der Waals surface area (Å²) in [5.74, 6) is 0. The van der Waals surface area contributed by atoms with Crippen molar-refractivity contribution in [3.05, 3.63) is 181 Å². The Bertz CT molecular complexity index is 2610. The SMILES string of the molecule is CC(C)(C)c1c2ccccc2c(-c2ccccc2)c2ccc(-c3cc(-c4cccc5ccccc45)cc(-c4cccc5ccccc45)c3)cc12. The van der Waals surface area contributed by atoms with Gasteiger partial charge in [-0.3, -0.25) is 0 Å². The van der Waals surface area contributed by atoms with E-state index in [1.807, 2.05) is 0 Å². The van der Waals surface area contributed by atoms with Crippen molar-refractivity contribution in [1.82, 2.24) is 0 Å². The van der Waals surface area contributed by atoms with Gasteiger partial charge in [-0.05, 0) is 123 Å². The lowest BCUT2D eigenvalue weighted by Gasteiger charge is -2.26. The first kappa shape index (κ1) is 30.1. The molecule has 0 aliphatic heterocycles. The van der Waals surface area contributed by atoms with Crippen LogP contribution in [0.15, 0.2) is 176 Å². The van der Waals surface area contributed by atoms with E-state index in [1.165, 1.54) is 93.2 Å². The van der Waals surface area contributed by atoms with Gasteiger partial charge in [-0.25, -0.2) is 0 Å². The number of benzene rings is 9. The van der Waals surface area contributed by atoms with Crippen molar-refractivity contribution in [3.63, 3.8) is 0 Å². The van der Waals surface area contributed by atoms with Gasteiger partial charge in [0, 0.05) is 0 Å². The van der Waals surface area contributed by atoms with Crippen LogP contribution in [0.2, 0.25) is 0 Å². The minimum Gasteiger partial charge on any atom is -0.0622 e. The third kappa shape index (κ3) is 5.08. The fourth-order valence-corrected chi connectivity index (χ4v) is 8.14. The molecule has 0 heteroatoms. The van der Waals surface area contributed by atoms with Crippen molar-refractivity contribution in [2.45, 2.75) is 26.2 Å². The third-order valence-corrected chi connectivity index (χ3v) is 10.3. The molecule has 0 saturated heterocycles. The van der Waals surface area contributed by atoms with Crippen LogP contribution >= 0.6 is 0 Å². The van der Waals surface area contributed by atoms with Crippen LogP contribution in [0.25, 0.3) is 87.6 Å². The Morgan fingerprint density at radius 2 is 0.780 bits per heavy atom.